The number of carbonyl (C=O) groups excluding carboxylic acids is 1. The number of nitrogens with zero attached hydrogens (tertiary/aromatic N) is 1. The molecule has 1 aromatic heterocycles. The lowest BCUT2D eigenvalue weighted by atomic mass is 10.2. The molecule has 0 saturated heterocycles. The number of hydrogen-bond acceptors (Lipinski definition) is 5. The number of halogens is 1. The van der Waals surface area contributed by atoms with Crippen molar-refractivity contribution in [2.24, 2.45) is 0 Å². The van der Waals surface area contributed by atoms with Crippen molar-refractivity contribution >= 4 is 38.9 Å². The van der Waals surface area contributed by atoms with Gasteiger partial charge >= 0.3 is 0 Å². The number of sulfonamides is 1. The summed E-state index contributed by atoms with van der Waals surface area (Å²) < 4.78 is 32.6. The van der Waals surface area contributed by atoms with Crippen LogP contribution in [0.5, 0.6) is 5.75 Å². The Bertz CT molecular complexity index is 1050. The molecule has 10 heteroatoms. The largest absolute Gasteiger partial charge is 0.497 e. The van der Waals surface area contributed by atoms with Crippen molar-refractivity contribution in [2.75, 3.05) is 17.1 Å². The van der Waals surface area contributed by atoms with Crippen molar-refractivity contribution in [3.63, 3.8) is 0 Å². The second-order valence-electron chi connectivity index (χ2n) is 5.41. The maximum Gasteiger partial charge on any atom is 0.279 e. The third-order valence-corrected chi connectivity index (χ3v) is 5.17. The smallest absolute Gasteiger partial charge is 0.279 e. The van der Waals surface area contributed by atoms with E-state index >= 15 is 0 Å². The Morgan fingerprint density at radius 3 is 2.33 bits per heavy atom. The van der Waals surface area contributed by atoms with Crippen molar-refractivity contribution < 1.29 is 17.9 Å². The average Bonchev–Trinajstić information content (AvgIpc) is 3.15. The lowest BCUT2D eigenvalue weighted by Gasteiger charge is -2.09. The van der Waals surface area contributed by atoms with Gasteiger partial charge in [-0.05, 0) is 48.5 Å². The predicted octanol–water partition coefficient (Wildman–Crippen LogP) is 3.12. The number of nitrogens with one attached hydrogen (secondary N) is 3. The third kappa shape index (κ3) is 4.39. The van der Waals surface area contributed by atoms with E-state index in [1.165, 1.54) is 19.2 Å². The molecule has 27 heavy (non-hydrogen) atoms. The van der Waals surface area contributed by atoms with Gasteiger partial charge in [0.25, 0.3) is 15.9 Å². The van der Waals surface area contributed by atoms with Gasteiger partial charge in [0.05, 0.1) is 18.9 Å². The molecule has 0 unspecified atom stereocenters. The van der Waals surface area contributed by atoms with Crippen molar-refractivity contribution in [2.45, 2.75) is 5.03 Å². The van der Waals surface area contributed by atoms with Gasteiger partial charge in [-0.1, -0.05) is 11.6 Å². The maximum absolute atomic E-state index is 12.6. The highest BCUT2D eigenvalue weighted by Gasteiger charge is 2.25. The highest BCUT2D eigenvalue weighted by atomic mass is 35.5. The van der Waals surface area contributed by atoms with E-state index in [2.05, 4.69) is 20.2 Å². The molecule has 3 rings (SSSR count). The normalized spacial score (nSPS) is 11.0. The first kappa shape index (κ1) is 18.7. The molecule has 2 aromatic carbocycles. The number of carbonyl (C=O) groups is 1. The molecule has 0 bridgehead atoms. The van der Waals surface area contributed by atoms with E-state index in [1.807, 2.05) is 0 Å². The predicted molar refractivity (Wildman–Crippen MR) is 102 cm³/mol. The second-order valence-corrected chi connectivity index (χ2v) is 7.46. The first-order valence-electron chi connectivity index (χ1n) is 7.66. The molecule has 3 aromatic rings. The SMILES string of the molecule is COc1ccc(NC(=O)c2cn[nH]c2S(=O)(=O)Nc2ccc(Cl)cc2)cc1. The summed E-state index contributed by atoms with van der Waals surface area (Å²) in [6, 6.07) is 12.7. The second kappa shape index (κ2) is 7.68. The van der Waals surface area contributed by atoms with Crippen molar-refractivity contribution in [3.05, 3.63) is 65.3 Å². The molecule has 0 radical (unpaired) electrons. The zero-order chi connectivity index (χ0) is 19.4. The van der Waals surface area contributed by atoms with Crippen molar-refractivity contribution in [3.8, 4) is 5.75 Å². The van der Waals surface area contributed by atoms with Gasteiger partial charge in [-0.15, -0.1) is 0 Å². The Hall–Kier alpha value is -3.04. The number of amides is 1. The van der Waals surface area contributed by atoms with E-state index in [0.717, 1.165) is 6.20 Å². The Labute approximate surface area is 160 Å². The first-order chi connectivity index (χ1) is 12.9. The minimum atomic E-state index is -4.05. The minimum Gasteiger partial charge on any atom is -0.497 e. The summed E-state index contributed by atoms with van der Waals surface area (Å²) >= 11 is 5.79. The molecule has 1 amide bonds. The van der Waals surface area contributed by atoms with Gasteiger partial charge in [0.15, 0.2) is 5.03 Å². The number of rotatable bonds is 6. The Morgan fingerprint density at radius 1 is 1.07 bits per heavy atom. The molecule has 140 valence electrons. The zero-order valence-electron chi connectivity index (χ0n) is 14.1. The van der Waals surface area contributed by atoms with Crippen LogP contribution in [0.25, 0.3) is 0 Å². The molecule has 0 atom stereocenters. The monoisotopic (exact) mass is 406 g/mol. The fraction of sp³-hybridized carbons (Fsp3) is 0.0588. The first-order valence-corrected chi connectivity index (χ1v) is 9.52. The summed E-state index contributed by atoms with van der Waals surface area (Å²) in [7, 11) is -2.52. The number of methoxy groups -OCH3 is 1. The quantitative estimate of drug-likeness (QED) is 0.582. The number of aromatic amines is 1. The number of H-pyrrole nitrogens is 1. The lowest BCUT2D eigenvalue weighted by molar-refractivity contribution is 0.102. The maximum atomic E-state index is 12.6. The fourth-order valence-corrected chi connectivity index (χ4v) is 3.52. The third-order valence-electron chi connectivity index (χ3n) is 3.56. The number of hydrogen-bond donors (Lipinski definition) is 3. The average molecular weight is 407 g/mol. The molecule has 8 nitrogen and oxygen atoms in total. The summed E-state index contributed by atoms with van der Waals surface area (Å²) in [6.45, 7) is 0. The molecule has 0 saturated carbocycles. The summed E-state index contributed by atoms with van der Waals surface area (Å²) in [6.07, 6.45) is 1.15. The molecule has 0 aliphatic heterocycles. The zero-order valence-corrected chi connectivity index (χ0v) is 15.6. The van der Waals surface area contributed by atoms with Gasteiger partial charge in [-0.25, -0.2) is 0 Å². The van der Waals surface area contributed by atoms with Gasteiger partial charge in [-0.2, -0.15) is 13.5 Å². The Morgan fingerprint density at radius 2 is 1.70 bits per heavy atom. The van der Waals surface area contributed by atoms with Crippen LogP contribution in [-0.4, -0.2) is 31.6 Å². The minimum absolute atomic E-state index is 0.118. The van der Waals surface area contributed by atoms with Gasteiger partial charge in [0.1, 0.15) is 5.75 Å². The van der Waals surface area contributed by atoms with Crippen LogP contribution in [0.1, 0.15) is 10.4 Å². The molecule has 0 spiro atoms. The van der Waals surface area contributed by atoms with Crippen LogP contribution in [0.15, 0.2) is 59.8 Å². The number of ether oxygens (including phenoxy) is 1. The topological polar surface area (TPSA) is 113 Å². The van der Waals surface area contributed by atoms with Crippen LogP contribution in [0.4, 0.5) is 11.4 Å². The van der Waals surface area contributed by atoms with Gasteiger partial charge < -0.3 is 10.1 Å². The van der Waals surface area contributed by atoms with Crippen molar-refractivity contribution in [1.82, 2.24) is 10.2 Å². The summed E-state index contributed by atoms with van der Waals surface area (Å²) in [5, 5.41) is 8.79. The molecule has 0 aliphatic rings. The van der Waals surface area contributed by atoms with Crippen LogP contribution in [0.3, 0.4) is 0 Å². The summed E-state index contributed by atoms with van der Waals surface area (Å²) in [5.74, 6) is 0.0112. The van der Waals surface area contributed by atoms with E-state index < -0.39 is 15.9 Å². The Kier molecular flexibility index (Phi) is 5.33. The Balaban J connectivity index is 1.81. The van der Waals surface area contributed by atoms with Crippen LogP contribution < -0.4 is 14.8 Å². The van der Waals surface area contributed by atoms with E-state index in [1.54, 1.807) is 36.4 Å². The lowest BCUT2D eigenvalue weighted by Crippen LogP contribution is -2.19. The molecule has 0 fully saturated rings. The summed E-state index contributed by atoms with van der Waals surface area (Å²) in [5.41, 5.74) is 0.666. The number of aromatic nitrogens is 2. The van der Waals surface area contributed by atoms with Gasteiger partial charge in [-0.3, -0.25) is 14.6 Å². The van der Waals surface area contributed by atoms with Gasteiger partial charge in [0, 0.05) is 16.4 Å². The molecule has 0 aliphatic carbocycles. The van der Waals surface area contributed by atoms with E-state index in [-0.39, 0.29) is 10.6 Å². The number of anilines is 2. The van der Waals surface area contributed by atoms with Crippen LogP contribution >= 0.6 is 11.6 Å². The van der Waals surface area contributed by atoms with Crippen LogP contribution in [0, 0.1) is 0 Å². The molecular formula is C17H15ClN4O4S. The van der Waals surface area contributed by atoms with Crippen LogP contribution in [-0.2, 0) is 10.0 Å². The van der Waals surface area contributed by atoms with E-state index in [9.17, 15) is 13.2 Å². The fourth-order valence-electron chi connectivity index (χ4n) is 2.24. The van der Waals surface area contributed by atoms with Crippen molar-refractivity contribution in [1.29, 1.82) is 0 Å². The molecule has 1 heterocycles. The van der Waals surface area contributed by atoms with Crippen LogP contribution in [0.2, 0.25) is 5.02 Å². The number of benzene rings is 2. The van der Waals surface area contributed by atoms with E-state index in [4.69, 9.17) is 16.3 Å². The van der Waals surface area contributed by atoms with Gasteiger partial charge in [0.2, 0.25) is 0 Å². The highest BCUT2D eigenvalue weighted by molar-refractivity contribution is 7.92. The summed E-state index contributed by atoms with van der Waals surface area (Å²) in [4.78, 5) is 12.5. The molecular weight excluding hydrogens is 392 g/mol. The van der Waals surface area contributed by atoms with E-state index in [0.29, 0.717) is 22.1 Å². The molecule has 3 N–H and O–H groups in total. The standard InChI is InChI=1S/C17H15ClN4O4S/c1-26-14-8-6-12(7-9-14)20-16(23)15-10-19-21-17(15)27(24,25)22-13-4-2-11(18)3-5-13/h2-10,22H,1H3,(H,19,21)(H,20,23). The highest BCUT2D eigenvalue weighted by Crippen LogP contribution is 2.21.